The summed E-state index contributed by atoms with van der Waals surface area (Å²) in [5, 5.41) is 0. The standard InChI is InChI=1S/3C25H30N.C24H28N/c1-15-9-10-23(26(8)14-15)25-20(6)12-19(5)24(21(25)7)22-13-17(3)16(2)11-18(22)4;1-15-9-10-22(17(3)11-15)24-18(4)12-19(5)25(21(24)7)23-13-16(2)20(6)14-26(23)8;1-15-9-10-26(8)23(11-15)25-20(6)13-19(5)24(21(25)7)22-14-17(3)16(2)12-18(22)4;1-15-12-17(3)21(14-16(15)2)23-18(4)13-19(5)24(20(23)6)22-10-8-9-11-25(22)7/h3*9-14H,1-8H3;8-14H,1-7H3/q4*+1. The van der Waals surface area contributed by atoms with Crippen LogP contribution >= 0.6 is 0 Å². The van der Waals surface area contributed by atoms with Gasteiger partial charge in [-0.1, -0.05) is 84.4 Å². The first-order valence-corrected chi connectivity index (χ1v) is 37.0. The highest BCUT2D eigenvalue weighted by atomic mass is 14.9. The third kappa shape index (κ3) is 16.1. The van der Waals surface area contributed by atoms with Crippen LogP contribution in [-0.4, -0.2) is 0 Å². The van der Waals surface area contributed by atoms with Gasteiger partial charge in [-0.15, -0.1) is 0 Å². The van der Waals surface area contributed by atoms with Crippen LogP contribution in [0.2, 0.25) is 0 Å². The Morgan fingerprint density at radius 1 is 0.175 bits per heavy atom. The zero-order valence-electron chi connectivity index (χ0n) is 68.7. The Hall–Kier alpha value is -9.64. The third-order valence-corrected chi connectivity index (χ3v) is 22.3. The van der Waals surface area contributed by atoms with Crippen molar-refractivity contribution in [1.29, 1.82) is 0 Å². The molecule has 0 fully saturated rings. The van der Waals surface area contributed by atoms with E-state index in [0.29, 0.717) is 0 Å². The number of nitrogens with zero attached hydrogens (tertiary/aromatic N) is 4. The minimum Gasteiger partial charge on any atom is -0.201 e. The SMILES string of the molecule is Cc1cc(C)c(-c2c(C)cc(C)c(-c3cccc[n+]3C)c2C)cc1C.Cc1cc[n+](C)c(-c2c(C)cc(C)c(-c3cc(C)c(C)cc3C)c2C)c1.Cc1ccc(-c2c(C)cc(C)c(-c3cc(C)c(C)c[n+]3C)c2C)c(C)c1.Cc1ccc(-c2c(C)cc(C)c(-c3cc(C)c(C)cc3C)c2C)[n+](C)c1. The lowest BCUT2D eigenvalue weighted by atomic mass is 9.85. The van der Waals surface area contributed by atoms with Gasteiger partial charge < -0.3 is 0 Å². The number of benzene rings is 8. The van der Waals surface area contributed by atoms with Crippen LogP contribution in [0.15, 0.2) is 152 Å². The zero-order valence-corrected chi connectivity index (χ0v) is 68.7. The average Bonchev–Trinajstić information content (AvgIpc) is 0.781. The number of hydrogen-bond acceptors (Lipinski definition) is 0. The summed E-state index contributed by atoms with van der Waals surface area (Å²) in [4.78, 5) is 0. The molecule has 0 bridgehead atoms. The van der Waals surface area contributed by atoms with E-state index in [1.165, 1.54) is 240 Å². The maximum Gasteiger partial charge on any atom is 0.213 e. The zero-order chi connectivity index (χ0) is 75.8. The molecular formula is C99H118N4+4. The van der Waals surface area contributed by atoms with Crippen molar-refractivity contribution in [2.24, 2.45) is 28.2 Å². The minimum atomic E-state index is 1.26. The Bertz CT molecular complexity index is 5150. The Labute approximate surface area is 621 Å². The lowest BCUT2D eigenvalue weighted by Gasteiger charge is -2.19. The second-order valence-electron chi connectivity index (χ2n) is 30.8. The molecule has 4 heterocycles. The van der Waals surface area contributed by atoms with Crippen LogP contribution in [0.25, 0.3) is 89.5 Å². The minimum absolute atomic E-state index is 1.26. The van der Waals surface area contributed by atoms with Crippen molar-refractivity contribution < 1.29 is 18.3 Å². The van der Waals surface area contributed by atoms with Crippen LogP contribution in [0.3, 0.4) is 0 Å². The fraction of sp³-hybridized carbons (Fsp3) is 0.313. The quantitative estimate of drug-likeness (QED) is 0.135. The first-order chi connectivity index (χ1) is 48.4. The molecule has 0 saturated heterocycles. The van der Waals surface area contributed by atoms with E-state index in [1.807, 2.05) is 0 Å². The molecule has 0 N–H and O–H groups in total. The Morgan fingerprint density at radius 3 is 0.874 bits per heavy atom. The van der Waals surface area contributed by atoms with E-state index in [9.17, 15) is 0 Å². The number of pyridine rings is 4. The molecule has 0 aliphatic rings. The Kier molecular flexibility index (Phi) is 23.7. The lowest BCUT2D eigenvalue weighted by molar-refractivity contribution is -0.660. The van der Waals surface area contributed by atoms with Gasteiger partial charge in [0.2, 0.25) is 22.8 Å². The fourth-order valence-corrected chi connectivity index (χ4v) is 16.6. The second kappa shape index (κ2) is 31.5. The normalized spacial score (nSPS) is 11.1. The fourth-order valence-electron chi connectivity index (χ4n) is 16.6. The highest BCUT2D eigenvalue weighted by molar-refractivity contribution is 5.87. The summed E-state index contributed by atoms with van der Waals surface area (Å²) in [5.74, 6) is 0. The largest absolute Gasteiger partial charge is 0.213 e. The van der Waals surface area contributed by atoms with Gasteiger partial charge in [0.05, 0.1) is 22.3 Å². The maximum absolute atomic E-state index is 2.36. The number of aryl methyl sites for hydroxylation is 27. The van der Waals surface area contributed by atoms with Gasteiger partial charge in [-0.05, 0) is 377 Å². The predicted octanol–water partition coefficient (Wildman–Crippen LogP) is 23.7. The van der Waals surface area contributed by atoms with Crippen molar-refractivity contribution in [3.8, 4) is 89.5 Å². The Balaban J connectivity index is 0.000000160. The molecule has 12 aromatic rings. The smallest absolute Gasteiger partial charge is 0.201 e. The molecule has 8 aromatic carbocycles. The summed E-state index contributed by atoms with van der Waals surface area (Å²) in [5.41, 5.74) is 57.8. The van der Waals surface area contributed by atoms with Crippen molar-refractivity contribution in [3.63, 3.8) is 0 Å². The Morgan fingerprint density at radius 2 is 0.476 bits per heavy atom. The second-order valence-corrected chi connectivity index (χ2v) is 30.8. The van der Waals surface area contributed by atoms with Gasteiger partial charge in [-0.2, -0.15) is 0 Å². The number of aromatic nitrogens is 4. The van der Waals surface area contributed by atoms with Crippen LogP contribution in [0.1, 0.15) is 150 Å². The van der Waals surface area contributed by atoms with Gasteiger partial charge in [0.15, 0.2) is 24.8 Å². The molecule has 0 saturated carbocycles. The lowest BCUT2D eigenvalue weighted by Crippen LogP contribution is -2.32. The molecule has 530 valence electrons. The molecule has 103 heavy (non-hydrogen) atoms. The van der Waals surface area contributed by atoms with E-state index in [4.69, 9.17) is 0 Å². The molecule has 0 aliphatic heterocycles. The molecule has 0 aliphatic carbocycles. The van der Waals surface area contributed by atoms with Crippen LogP contribution < -0.4 is 18.3 Å². The molecular weight excluding hydrogens is 1250 g/mol. The summed E-state index contributed by atoms with van der Waals surface area (Å²) in [6.45, 7) is 59.9. The van der Waals surface area contributed by atoms with E-state index in [-0.39, 0.29) is 0 Å². The van der Waals surface area contributed by atoms with Crippen LogP contribution in [-0.2, 0) is 28.2 Å². The summed E-state index contributed by atoms with van der Waals surface area (Å²) < 4.78 is 8.95. The van der Waals surface area contributed by atoms with Crippen molar-refractivity contribution in [1.82, 2.24) is 0 Å². The van der Waals surface area contributed by atoms with Crippen LogP contribution in [0, 0.1) is 187 Å². The van der Waals surface area contributed by atoms with Crippen LogP contribution in [0.5, 0.6) is 0 Å². The number of hydrogen-bond donors (Lipinski definition) is 0. The molecule has 0 amide bonds. The monoisotopic (exact) mass is 1360 g/mol. The summed E-state index contributed by atoms with van der Waals surface area (Å²) in [7, 11) is 8.54. The summed E-state index contributed by atoms with van der Waals surface area (Å²) in [6, 6.07) is 47.8. The van der Waals surface area contributed by atoms with Gasteiger partial charge in [-0.25, -0.2) is 18.3 Å². The molecule has 0 spiro atoms. The summed E-state index contributed by atoms with van der Waals surface area (Å²) >= 11 is 0. The van der Waals surface area contributed by atoms with Gasteiger partial charge in [0.25, 0.3) is 0 Å². The third-order valence-electron chi connectivity index (χ3n) is 22.3. The van der Waals surface area contributed by atoms with Crippen molar-refractivity contribution in [2.45, 2.75) is 187 Å². The van der Waals surface area contributed by atoms with Gasteiger partial charge >= 0.3 is 0 Å². The van der Waals surface area contributed by atoms with Gasteiger partial charge in [0.1, 0.15) is 28.2 Å². The highest BCUT2D eigenvalue weighted by Gasteiger charge is 2.26. The number of rotatable bonds is 8. The van der Waals surface area contributed by atoms with Crippen molar-refractivity contribution >= 4 is 0 Å². The summed E-state index contributed by atoms with van der Waals surface area (Å²) in [6.07, 6.45) is 8.72. The van der Waals surface area contributed by atoms with Crippen LogP contribution in [0.4, 0.5) is 0 Å². The first kappa shape index (κ1) is 77.5. The molecule has 4 heteroatoms. The molecule has 12 rings (SSSR count). The highest BCUT2D eigenvalue weighted by Crippen LogP contribution is 2.43. The van der Waals surface area contributed by atoms with E-state index in [2.05, 4.69) is 386 Å². The van der Waals surface area contributed by atoms with Gasteiger partial charge in [0, 0.05) is 47.5 Å². The van der Waals surface area contributed by atoms with Crippen molar-refractivity contribution in [2.75, 3.05) is 0 Å². The predicted molar refractivity (Wildman–Crippen MR) is 442 cm³/mol. The molecule has 4 aromatic heterocycles. The van der Waals surface area contributed by atoms with Gasteiger partial charge in [-0.3, -0.25) is 0 Å². The maximum atomic E-state index is 2.36. The molecule has 0 unspecified atom stereocenters. The van der Waals surface area contributed by atoms with E-state index >= 15 is 0 Å². The van der Waals surface area contributed by atoms with E-state index in [1.54, 1.807) is 0 Å². The first-order valence-electron chi connectivity index (χ1n) is 37.0. The topological polar surface area (TPSA) is 15.5 Å². The molecule has 0 radical (unpaired) electrons. The molecule has 4 nitrogen and oxygen atoms in total. The molecule has 0 atom stereocenters. The van der Waals surface area contributed by atoms with Crippen molar-refractivity contribution in [3.05, 3.63) is 302 Å². The average molecular weight is 1360 g/mol. The van der Waals surface area contributed by atoms with E-state index in [0.717, 1.165) is 0 Å². The van der Waals surface area contributed by atoms with E-state index < -0.39 is 0 Å².